The largest absolute Gasteiger partial charge is 0.497 e. The molecule has 0 aliphatic carbocycles. The van der Waals surface area contributed by atoms with Crippen LogP contribution in [0.25, 0.3) is 0 Å². The monoisotopic (exact) mass is 312 g/mol. The molecule has 0 saturated carbocycles. The molecule has 0 spiro atoms. The zero-order chi connectivity index (χ0) is 16.7. The van der Waals surface area contributed by atoms with Gasteiger partial charge < -0.3 is 15.0 Å². The number of hydrogen-bond donors (Lipinski definition) is 1. The Balaban J connectivity index is 1.97. The minimum atomic E-state index is -0.0335. The number of anilines is 2. The van der Waals surface area contributed by atoms with Crippen molar-refractivity contribution in [3.63, 3.8) is 0 Å². The fourth-order valence-corrected chi connectivity index (χ4v) is 2.52. The summed E-state index contributed by atoms with van der Waals surface area (Å²) in [5, 5.41) is 2.93. The lowest BCUT2D eigenvalue weighted by atomic mass is 10.1. The molecule has 0 bridgehead atoms. The van der Waals surface area contributed by atoms with Crippen LogP contribution in [0.3, 0.4) is 0 Å². The summed E-state index contributed by atoms with van der Waals surface area (Å²) in [4.78, 5) is 14.4. The van der Waals surface area contributed by atoms with Gasteiger partial charge in [-0.3, -0.25) is 4.79 Å². The quantitative estimate of drug-likeness (QED) is 0.847. The van der Waals surface area contributed by atoms with Crippen LogP contribution in [0, 0.1) is 0 Å². The lowest BCUT2D eigenvalue weighted by Gasteiger charge is -2.21. The SMILES string of the molecule is CCN(CC)c1ccc(NC(=O)Cc2cccc(OC)c2)cc1. The second kappa shape index (κ2) is 8.22. The van der Waals surface area contributed by atoms with E-state index in [4.69, 9.17) is 4.74 Å². The average Bonchev–Trinajstić information content (AvgIpc) is 2.57. The number of carbonyl (C=O) groups excluding carboxylic acids is 1. The Labute approximate surface area is 138 Å². The summed E-state index contributed by atoms with van der Waals surface area (Å²) in [5.41, 5.74) is 2.91. The van der Waals surface area contributed by atoms with Gasteiger partial charge in [-0.15, -0.1) is 0 Å². The summed E-state index contributed by atoms with van der Waals surface area (Å²) >= 11 is 0. The Bertz CT molecular complexity index is 634. The van der Waals surface area contributed by atoms with E-state index in [9.17, 15) is 4.79 Å². The van der Waals surface area contributed by atoms with Crippen LogP contribution < -0.4 is 15.0 Å². The normalized spacial score (nSPS) is 10.2. The van der Waals surface area contributed by atoms with Crippen LogP contribution in [-0.2, 0) is 11.2 Å². The van der Waals surface area contributed by atoms with E-state index in [1.54, 1.807) is 7.11 Å². The molecular weight excluding hydrogens is 288 g/mol. The standard InChI is InChI=1S/C19H24N2O2/c1-4-21(5-2)17-11-9-16(10-12-17)20-19(22)14-15-7-6-8-18(13-15)23-3/h6-13H,4-5,14H2,1-3H3,(H,20,22). The maximum atomic E-state index is 12.2. The van der Waals surface area contributed by atoms with Gasteiger partial charge in [-0.05, 0) is 55.8 Å². The van der Waals surface area contributed by atoms with Gasteiger partial charge in [0.15, 0.2) is 0 Å². The van der Waals surface area contributed by atoms with Crippen molar-refractivity contribution in [3.05, 3.63) is 54.1 Å². The van der Waals surface area contributed by atoms with Crippen LogP contribution in [0.2, 0.25) is 0 Å². The molecule has 0 heterocycles. The van der Waals surface area contributed by atoms with Crippen molar-refractivity contribution in [3.8, 4) is 5.75 Å². The molecule has 2 aromatic carbocycles. The summed E-state index contributed by atoms with van der Waals surface area (Å²) < 4.78 is 5.18. The summed E-state index contributed by atoms with van der Waals surface area (Å²) in [6, 6.07) is 15.5. The number of hydrogen-bond acceptors (Lipinski definition) is 3. The van der Waals surface area contributed by atoms with Crippen LogP contribution in [0.5, 0.6) is 5.75 Å². The predicted octanol–water partition coefficient (Wildman–Crippen LogP) is 3.72. The van der Waals surface area contributed by atoms with Crippen molar-refractivity contribution in [1.82, 2.24) is 0 Å². The lowest BCUT2D eigenvalue weighted by molar-refractivity contribution is -0.115. The zero-order valence-electron chi connectivity index (χ0n) is 14.0. The van der Waals surface area contributed by atoms with Gasteiger partial charge in [-0.1, -0.05) is 12.1 Å². The molecule has 0 aliphatic rings. The molecule has 1 N–H and O–H groups in total. The molecule has 4 nitrogen and oxygen atoms in total. The summed E-state index contributed by atoms with van der Waals surface area (Å²) in [5.74, 6) is 0.729. The van der Waals surface area contributed by atoms with Crippen LogP contribution >= 0.6 is 0 Å². The molecule has 0 saturated heterocycles. The summed E-state index contributed by atoms with van der Waals surface area (Å²) in [6.07, 6.45) is 0.328. The second-order valence-corrected chi connectivity index (χ2v) is 5.30. The van der Waals surface area contributed by atoms with Crippen molar-refractivity contribution in [2.24, 2.45) is 0 Å². The van der Waals surface area contributed by atoms with Crippen molar-refractivity contribution in [2.75, 3.05) is 30.4 Å². The second-order valence-electron chi connectivity index (χ2n) is 5.30. The molecule has 0 fully saturated rings. The first-order valence-electron chi connectivity index (χ1n) is 7.94. The number of ether oxygens (including phenoxy) is 1. The molecule has 2 aromatic rings. The van der Waals surface area contributed by atoms with Gasteiger partial charge in [0.25, 0.3) is 0 Å². The van der Waals surface area contributed by atoms with Crippen molar-refractivity contribution in [2.45, 2.75) is 20.3 Å². The smallest absolute Gasteiger partial charge is 0.228 e. The fourth-order valence-electron chi connectivity index (χ4n) is 2.52. The van der Waals surface area contributed by atoms with Gasteiger partial charge in [0.1, 0.15) is 5.75 Å². The lowest BCUT2D eigenvalue weighted by Crippen LogP contribution is -2.21. The third-order valence-electron chi connectivity index (χ3n) is 3.78. The van der Waals surface area contributed by atoms with E-state index in [0.717, 1.165) is 30.1 Å². The molecular formula is C19H24N2O2. The predicted molar refractivity (Wildman–Crippen MR) is 95.3 cm³/mol. The molecule has 0 unspecified atom stereocenters. The first-order chi connectivity index (χ1) is 11.2. The molecule has 4 heteroatoms. The van der Waals surface area contributed by atoms with Gasteiger partial charge in [0, 0.05) is 24.5 Å². The number of rotatable bonds is 7. The van der Waals surface area contributed by atoms with Gasteiger partial charge >= 0.3 is 0 Å². The molecule has 0 radical (unpaired) electrons. The van der Waals surface area contributed by atoms with E-state index in [1.807, 2.05) is 48.5 Å². The molecule has 2 rings (SSSR count). The third-order valence-corrected chi connectivity index (χ3v) is 3.78. The van der Waals surface area contributed by atoms with E-state index in [1.165, 1.54) is 5.69 Å². The van der Waals surface area contributed by atoms with Crippen LogP contribution in [0.1, 0.15) is 19.4 Å². The highest BCUT2D eigenvalue weighted by Gasteiger charge is 2.06. The molecule has 23 heavy (non-hydrogen) atoms. The van der Waals surface area contributed by atoms with Gasteiger partial charge in [-0.25, -0.2) is 0 Å². The molecule has 0 atom stereocenters. The Morgan fingerprint density at radius 1 is 1.09 bits per heavy atom. The minimum absolute atomic E-state index is 0.0335. The van der Waals surface area contributed by atoms with Crippen molar-refractivity contribution in [1.29, 1.82) is 0 Å². The minimum Gasteiger partial charge on any atom is -0.497 e. The van der Waals surface area contributed by atoms with Crippen LogP contribution in [0.4, 0.5) is 11.4 Å². The summed E-state index contributed by atoms with van der Waals surface area (Å²) in [7, 11) is 1.62. The zero-order valence-corrected chi connectivity index (χ0v) is 14.0. The third kappa shape index (κ3) is 4.74. The molecule has 1 amide bonds. The number of carbonyl (C=O) groups is 1. The Kier molecular flexibility index (Phi) is 6.03. The average molecular weight is 312 g/mol. The fraction of sp³-hybridized carbons (Fsp3) is 0.316. The van der Waals surface area contributed by atoms with Crippen molar-refractivity contribution < 1.29 is 9.53 Å². The topological polar surface area (TPSA) is 41.6 Å². The highest BCUT2D eigenvalue weighted by atomic mass is 16.5. The first kappa shape index (κ1) is 16.9. The highest BCUT2D eigenvalue weighted by Crippen LogP contribution is 2.18. The number of nitrogens with zero attached hydrogens (tertiary/aromatic N) is 1. The van der Waals surface area contributed by atoms with Crippen LogP contribution in [0.15, 0.2) is 48.5 Å². The number of methoxy groups -OCH3 is 1. The van der Waals surface area contributed by atoms with E-state index in [-0.39, 0.29) is 5.91 Å². The van der Waals surface area contributed by atoms with Gasteiger partial charge in [-0.2, -0.15) is 0 Å². The maximum Gasteiger partial charge on any atom is 0.228 e. The maximum absolute atomic E-state index is 12.2. The Morgan fingerprint density at radius 2 is 1.78 bits per heavy atom. The van der Waals surface area contributed by atoms with E-state index >= 15 is 0 Å². The van der Waals surface area contributed by atoms with E-state index < -0.39 is 0 Å². The molecule has 0 aromatic heterocycles. The highest BCUT2D eigenvalue weighted by molar-refractivity contribution is 5.92. The van der Waals surface area contributed by atoms with Crippen molar-refractivity contribution >= 4 is 17.3 Å². The molecule has 0 aliphatic heterocycles. The number of nitrogens with one attached hydrogen (secondary N) is 1. The molecule has 122 valence electrons. The van der Waals surface area contributed by atoms with Gasteiger partial charge in [0.05, 0.1) is 13.5 Å². The Hall–Kier alpha value is -2.49. The van der Waals surface area contributed by atoms with E-state index in [0.29, 0.717) is 6.42 Å². The number of benzene rings is 2. The van der Waals surface area contributed by atoms with E-state index in [2.05, 4.69) is 24.1 Å². The first-order valence-corrected chi connectivity index (χ1v) is 7.94. The Morgan fingerprint density at radius 3 is 2.39 bits per heavy atom. The number of amides is 1. The van der Waals surface area contributed by atoms with Crippen LogP contribution in [-0.4, -0.2) is 26.1 Å². The summed E-state index contributed by atoms with van der Waals surface area (Å²) in [6.45, 7) is 6.21. The van der Waals surface area contributed by atoms with Gasteiger partial charge in [0.2, 0.25) is 5.91 Å².